The molecule has 1 heterocycles. The monoisotopic (exact) mass is 230 g/mol. The summed E-state index contributed by atoms with van der Waals surface area (Å²) in [5, 5.41) is 6.32. The molecule has 2 aliphatic rings. The minimum absolute atomic E-state index is 0.0683. The van der Waals surface area contributed by atoms with Gasteiger partial charge in [0.25, 0.3) is 5.91 Å². The van der Waals surface area contributed by atoms with Crippen LogP contribution in [0.15, 0.2) is 18.2 Å². The Hall–Kier alpha value is -1.51. The van der Waals surface area contributed by atoms with Crippen molar-refractivity contribution in [1.29, 1.82) is 0 Å². The van der Waals surface area contributed by atoms with Crippen molar-refractivity contribution < 1.29 is 4.79 Å². The summed E-state index contributed by atoms with van der Waals surface area (Å²) in [6, 6.07) is 5.93. The summed E-state index contributed by atoms with van der Waals surface area (Å²) in [7, 11) is 0. The van der Waals surface area contributed by atoms with Crippen LogP contribution in [0.3, 0.4) is 0 Å². The Morgan fingerprint density at radius 1 is 1.53 bits per heavy atom. The molecule has 17 heavy (non-hydrogen) atoms. The van der Waals surface area contributed by atoms with Crippen LogP contribution in [0.4, 0.5) is 5.69 Å². The molecule has 0 spiro atoms. The summed E-state index contributed by atoms with van der Waals surface area (Å²) in [5.41, 5.74) is 3.23. The van der Waals surface area contributed by atoms with Gasteiger partial charge in [-0.1, -0.05) is 6.92 Å². The van der Waals surface area contributed by atoms with E-state index >= 15 is 0 Å². The van der Waals surface area contributed by atoms with Crippen molar-refractivity contribution in [2.45, 2.75) is 19.8 Å². The Kier molecular flexibility index (Phi) is 2.54. The van der Waals surface area contributed by atoms with E-state index in [1.54, 1.807) is 0 Å². The number of carbonyl (C=O) groups excluding carboxylic acids is 1. The highest BCUT2D eigenvalue weighted by atomic mass is 16.1. The van der Waals surface area contributed by atoms with Crippen LogP contribution in [-0.2, 0) is 6.42 Å². The van der Waals surface area contributed by atoms with Crippen molar-refractivity contribution in [3.63, 3.8) is 0 Å². The standard InChI is InChI=1S/C14H18N2O/c1-9-6-12(9)8-16-14(17)11-2-3-13-10(7-11)4-5-15-13/h2-3,7,9,12,15H,4-6,8H2,1H3,(H,16,17). The van der Waals surface area contributed by atoms with Crippen molar-refractivity contribution in [3.05, 3.63) is 29.3 Å². The molecule has 90 valence electrons. The Labute approximate surface area is 102 Å². The first kappa shape index (κ1) is 10.6. The molecule has 0 radical (unpaired) electrons. The summed E-state index contributed by atoms with van der Waals surface area (Å²) in [6.45, 7) is 4.05. The lowest BCUT2D eigenvalue weighted by Crippen LogP contribution is -2.25. The number of hydrogen-bond donors (Lipinski definition) is 2. The van der Waals surface area contributed by atoms with Crippen LogP contribution >= 0.6 is 0 Å². The largest absolute Gasteiger partial charge is 0.384 e. The molecule has 0 saturated heterocycles. The van der Waals surface area contributed by atoms with E-state index in [0.29, 0.717) is 5.92 Å². The van der Waals surface area contributed by atoms with E-state index in [-0.39, 0.29) is 5.91 Å². The van der Waals surface area contributed by atoms with Gasteiger partial charge in [-0.15, -0.1) is 0 Å². The van der Waals surface area contributed by atoms with E-state index in [2.05, 4.69) is 17.6 Å². The molecule has 1 aliphatic heterocycles. The average Bonchev–Trinajstić information content (AvgIpc) is 2.86. The van der Waals surface area contributed by atoms with Crippen LogP contribution in [0, 0.1) is 11.8 Å². The van der Waals surface area contributed by atoms with Crippen LogP contribution in [0.1, 0.15) is 29.3 Å². The van der Waals surface area contributed by atoms with Gasteiger partial charge in [0, 0.05) is 24.3 Å². The molecule has 3 rings (SSSR count). The molecule has 3 nitrogen and oxygen atoms in total. The molecule has 2 unspecified atom stereocenters. The molecular weight excluding hydrogens is 212 g/mol. The predicted octanol–water partition coefficient (Wildman–Crippen LogP) is 2.04. The molecule has 0 aromatic heterocycles. The number of rotatable bonds is 3. The molecular formula is C14H18N2O. The van der Waals surface area contributed by atoms with Crippen LogP contribution in [0.5, 0.6) is 0 Å². The highest BCUT2D eigenvalue weighted by Crippen LogP contribution is 2.36. The first-order valence-electron chi connectivity index (χ1n) is 6.39. The smallest absolute Gasteiger partial charge is 0.251 e. The number of benzene rings is 1. The second-order valence-electron chi connectivity index (χ2n) is 5.23. The van der Waals surface area contributed by atoms with Gasteiger partial charge in [0.05, 0.1) is 0 Å². The van der Waals surface area contributed by atoms with E-state index in [0.717, 1.165) is 31.0 Å². The van der Waals surface area contributed by atoms with Crippen molar-refractivity contribution in [2.24, 2.45) is 11.8 Å². The summed E-state index contributed by atoms with van der Waals surface area (Å²) in [5.74, 6) is 1.56. The Morgan fingerprint density at radius 3 is 3.12 bits per heavy atom. The lowest BCUT2D eigenvalue weighted by molar-refractivity contribution is 0.0951. The van der Waals surface area contributed by atoms with Gasteiger partial charge in [-0.05, 0) is 48.4 Å². The van der Waals surface area contributed by atoms with Gasteiger partial charge in [0.2, 0.25) is 0 Å². The predicted molar refractivity (Wildman–Crippen MR) is 68.2 cm³/mol. The Morgan fingerprint density at radius 2 is 2.35 bits per heavy atom. The minimum atomic E-state index is 0.0683. The van der Waals surface area contributed by atoms with E-state index in [1.807, 2.05) is 18.2 Å². The number of hydrogen-bond acceptors (Lipinski definition) is 2. The van der Waals surface area contributed by atoms with E-state index in [4.69, 9.17) is 0 Å². The van der Waals surface area contributed by atoms with Crippen molar-refractivity contribution in [2.75, 3.05) is 18.4 Å². The summed E-state index contributed by atoms with van der Waals surface area (Å²) in [6.07, 6.45) is 2.28. The quantitative estimate of drug-likeness (QED) is 0.834. The minimum Gasteiger partial charge on any atom is -0.384 e. The third-order valence-electron chi connectivity index (χ3n) is 3.88. The molecule has 1 aliphatic carbocycles. The van der Waals surface area contributed by atoms with Gasteiger partial charge in [-0.3, -0.25) is 4.79 Å². The van der Waals surface area contributed by atoms with Gasteiger partial charge in [0.1, 0.15) is 0 Å². The number of anilines is 1. The Balaban J connectivity index is 1.64. The van der Waals surface area contributed by atoms with E-state index in [9.17, 15) is 4.79 Å². The third-order valence-corrected chi connectivity index (χ3v) is 3.88. The van der Waals surface area contributed by atoms with Crippen LogP contribution in [-0.4, -0.2) is 19.0 Å². The third kappa shape index (κ3) is 2.14. The normalized spacial score (nSPS) is 25.0. The molecule has 0 bridgehead atoms. The van der Waals surface area contributed by atoms with Gasteiger partial charge in [0.15, 0.2) is 0 Å². The van der Waals surface area contributed by atoms with Gasteiger partial charge < -0.3 is 10.6 Å². The molecule has 3 heteroatoms. The summed E-state index contributed by atoms with van der Waals surface area (Å²) >= 11 is 0. The number of nitrogens with one attached hydrogen (secondary N) is 2. The van der Waals surface area contributed by atoms with Gasteiger partial charge in [-0.25, -0.2) is 0 Å². The lowest BCUT2D eigenvalue weighted by atomic mass is 10.1. The number of carbonyl (C=O) groups is 1. The zero-order valence-corrected chi connectivity index (χ0v) is 10.1. The second kappa shape index (κ2) is 4.06. The zero-order chi connectivity index (χ0) is 11.8. The molecule has 1 aromatic carbocycles. The number of amides is 1. The number of fused-ring (bicyclic) bond motifs is 1. The van der Waals surface area contributed by atoms with Crippen molar-refractivity contribution >= 4 is 11.6 Å². The highest BCUT2D eigenvalue weighted by molar-refractivity contribution is 5.95. The zero-order valence-electron chi connectivity index (χ0n) is 10.1. The highest BCUT2D eigenvalue weighted by Gasteiger charge is 2.32. The molecule has 2 N–H and O–H groups in total. The van der Waals surface area contributed by atoms with Crippen LogP contribution < -0.4 is 10.6 Å². The van der Waals surface area contributed by atoms with Crippen molar-refractivity contribution in [3.8, 4) is 0 Å². The van der Waals surface area contributed by atoms with Crippen LogP contribution in [0.25, 0.3) is 0 Å². The maximum absolute atomic E-state index is 12.0. The van der Waals surface area contributed by atoms with Gasteiger partial charge >= 0.3 is 0 Å². The topological polar surface area (TPSA) is 41.1 Å². The molecule has 1 fully saturated rings. The summed E-state index contributed by atoms with van der Waals surface area (Å²) in [4.78, 5) is 12.0. The molecule has 2 atom stereocenters. The lowest BCUT2D eigenvalue weighted by Gasteiger charge is -2.06. The van der Waals surface area contributed by atoms with E-state index < -0.39 is 0 Å². The average molecular weight is 230 g/mol. The maximum Gasteiger partial charge on any atom is 0.251 e. The molecule has 1 amide bonds. The Bertz CT molecular complexity index is 456. The first-order valence-corrected chi connectivity index (χ1v) is 6.39. The molecule has 1 aromatic rings. The fraction of sp³-hybridized carbons (Fsp3) is 0.500. The van der Waals surface area contributed by atoms with Crippen LogP contribution in [0.2, 0.25) is 0 Å². The summed E-state index contributed by atoms with van der Waals surface area (Å²) < 4.78 is 0. The second-order valence-corrected chi connectivity index (χ2v) is 5.23. The SMILES string of the molecule is CC1CC1CNC(=O)c1ccc2c(c1)CCN2. The van der Waals surface area contributed by atoms with E-state index in [1.165, 1.54) is 17.7 Å². The fourth-order valence-electron chi connectivity index (χ4n) is 2.46. The fourth-order valence-corrected chi connectivity index (χ4v) is 2.46. The first-order chi connectivity index (χ1) is 8.24. The van der Waals surface area contributed by atoms with Crippen molar-refractivity contribution in [1.82, 2.24) is 5.32 Å². The van der Waals surface area contributed by atoms with Gasteiger partial charge in [-0.2, -0.15) is 0 Å². The molecule has 1 saturated carbocycles. The maximum atomic E-state index is 12.0.